The zero-order chi connectivity index (χ0) is 16.2. The first kappa shape index (κ1) is 16.8. The summed E-state index contributed by atoms with van der Waals surface area (Å²) in [4.78, 5) is 11.5. The minimum atomic E-state index is -0.438. The minimum Gasteiger partial charge on any atom is -0.444 e. The van der Waals surface area contributed by atoms with Crippen molar-refractivity contribution < 1.29 is 9.53 Å². The molecule has 0 bridgehead atoms. The third-order valence-electron chi connectivity index (χ3n) is 3.91. The van der Waals surface area contributed by atoms with Crippen molar-refractivity contribution in [2.45, 2.75) is 58.1 Å². The molecule has 1 aromatic carbocycles. The zero-order valence-corrected chi connectivity index (χ0v) is 14.1. The highest BCUT2D eigenvalue weighted by atomic mass is 16.6. The number of hydrogen-bond donors (Lipinski definition) is 2. The Labute approximate surface area is 133 Å². The van der Waals surface area contributed by atoms with Gasteiger partial charge in [0.1, 0.15) is 5.60 Å². The quantitative estimate of drug-likeness (QED) is 0.820. The number of hydrogen-bond acceptors (Lipinski definition) is 3. The van der Waals surface area contributed by atoms with E-state index in [1.165, 1.54) is 24.0 Å². The van der Waals surface area contributed by atoms with Gasteiger partial charge in [-0.2, -0.15) is 0 Å². The molecule has 0 heterocycles. The second-order valence-corrected chi connectivity index (χ2v) is 7.16. The maximum absolute atomic E-state index is 11.5. The number of benzene rings is 1. The molecule has 1 aliphatic rings. The molecule has 2 rings (SSSR count). The normalized spacial score (nSPS) is 21.1. The molecule has 0 aromatic heterocycles. The molecule has 22 heavy (non-hydrogen) atoms. The first-order valence-corrected chi connectivity index (χ1v) is 8.10. The lowest BCUT2D eigenvalue weighted by molar-refractivity contribution is 0.0527. The molecule has 0 spiro atoms. The van der Waals surface area contributed by atoms with Gasteiger partial charge in [-0.1, -0.05) is 29.8 Å². The fourth-order valence-electron chi connectivity index (χ4n) is 2.65. The summed E-state index contributed by atoms with van der Waals surface area (Å²) in [7, 11) is 0. The van der Waals surface area contributed by atoms with E-state index in [0.717, 1.165) is 6.54 Å². The van der Waals surface area contributed by atoms with Crippen LogP contribution < -0.4 is 10.6 Å². The summed E-state index contributed by atoms with van der Waals surface area (Å²) in [5, 5.41) is 6.25. The van der Waals surface area contributed by atoms with E-state index in [-0.39, 0.29) is 6.09 Å². The summed E-state index contributed by atoms with van der Waals surface area (Å²) >= 11 is 0. The molecule has 1 amide bonds. The van der Waals surface area contributed by atoms with Crippen LogP contribution in [0.2, 0.25) is 0 Å². The Morgan fingerprint density at radius 1 is 1.18 bits per heavy atom. The Balaban J connectivity index is 1.57. The number of carbonyl (C=O) groups excluding carboxylic acids is 1. The molecule has 0 aliphatic heterocycles. The van der Waals surface area contributed by atoms with Gasteiger partial charge < -0.3 is 15.4 Å². The third kappa shape index (κ3) is 5.34. The van der Waals surface area contributed by atoms with E-state index in [1.807, 2.05) is 20.8 Å². The number of alkyl carbamates (subject to hydrolysis) is 1. The Morgan fingerprint density at radius 2 is 1.82 bits per heavy atom. The molecular formula is C18H28N2O2. The predicted octanol–water partition coefficient (Wildman–Crippen LogP) is 3.36. The van der Waals surface area contributed by atoms with Gasteiger partial charge in [0, 0.05) is 19.1 Å². The first-order valence-electron chi connectivity index (χ1n) is 8.10. The molecular weight excluding hydrogens is 276 g/mol. The fraction of sp³-hybridized carbons (Fsp3) is 0.611. The smallest absolute Gasteiger partial charge is 0.407 e. The number of amides is 1. The van der Waals surface area contributed by atoms with Crippen LogP contribution in [-0.4, -0.2) is 30.8 Å². The molecule has 2 N–H and O–H groups in total. The topological polar surface area (TPSA) is 50.4 Å². The number of ether oxygens (including phenoxy) is 1. The number of rotatable bonds is 5. The molecule has 4 heteroatoms. The predicted molar refractivity (Wildman–Crippen MR) is 89.2 cm³/mol. The second kappa shape index (κ2) is 7.14. The van der Waals surface area contributed by atoms with Crippen LogP contribution in [0.3, 0.4) is 0 Å². The van der Waals surface area contributed by atoms with Crippen LogP contribution >= 0.6 is 0 Å². The lowest BCUT2D eigenvalue weighted by atomic mass is 9.76. The number of nitrogens with one attached hydrogen (secondary N) is 2. The number of carbonyl (C=O) groups is 1. The average molecular weight is 304 g/mol. The highest BCUT2D eigenvalue weighted by molar-refractivity contribution is 5.67. The largest absolute Gasteiger partial charge is 0.444 e. The summed E-state index contributed by atoms with van der Waals surface area (Å²) in [5.41, 5.74) is 2.31. The summed E-state index contributed by atoms with van der Waals surface area (Å²) in [6.07, 6.45) is 2.01. The molecule has 1 fully saturated rings. The van der Waals surface area contributed by atoms with Crippen LogP contribution in [0.4, 0.5) is 4.79 Å². The van der Waals surface area contributed by atoms with Crippen LogP contribution in [0.15, 0.2) is 24.3 Å². The monoisotopic (exact) mass is 304 g/mol. The molecule has 1 saturated carbocycles. The summed E-state index contributed by atoms with van der Waals surface area (Å²) in [5.74, 6) is 0.678. The lowest BCUT2D eigenvalue weighted by Gasteiger charge is -2.36. The van der Waals surface area contributed by atoms with Gasteiger partial charge in [-0.3, -0.25) is 0 Å². The van der Waals surface area contributed by atoms with Crippen LogP contribution in [0.1, 0.15) is 50.7 Å². The van der Waals surface area contributed by atoms with E-state index < -0.39 is 5.60 Å². The highest BCUT2D eigenvalue weighted by Crippen LogP contribution is 2.36. The SMILES string of the molecule is Cc1ccc(C2CC(NCCNC(=O)OC(C)(C)C)C2)cc1. The highest BCUT2D eigenvalue weighted by Gasteiger charge is 2.29. The van der Waals surface area contributed by atoms with E-state index in [1.54, 1.807) is 0 Å². The summed E-state index contributed by atoms with van der Waals surface area (Å²) < 4.78 is 5.19. The van der Waals surface area contributed by atoms with Gasteiger partial charge in [0.15, 0.2) is 0 Å². The van der Waals surface area contributed by atoms with Crippen LogP contribution in [0, 0.1) is 6.92 Å². The van der Waals surface area contributed by atoms with Crippen molar-refractivity contribution in [1.82, 2.24) is 10.6 Å². The van der Waals surface area contributed by atoms with Crippen molar-refractivity contribution in [2.75, 3.05) is 13.1 Å². The van der Waals surface area contributed by atoms with E-state index in [0.29, 0.717) is 18.5 Å². The van der Waals surface area contributed by atoms with Gasteiger partial charge in [0.05, 0.1) is 0 Å². The maximum Gasteiger partial charge on any atom is 0.407 e. The Bertz CT molecular complexity index is 485. The lowest BCUT2D eigenvalue weighted by Crippen LogP contribution is -2.44. The van der Waals surface area contributed by atoms with Gasteiger partial charge >= 0.3 is 6.09 Å². The van der Waals surface area contributed by atoms with Crippen molar-refractivity contribution in [1.29, 1.82) is 0 Å². The van der Waals surface area contributed by atoms with Gasteiger partial charge in [0.2, 0.25) is 0 Å². The first-order chi connectivity index (χ1) is 10.3. The van der Waals surface area contributed by atoms with Gasteiger partial charge in [0.25, 0.3) is 0 Å². The van der Waals surface area contributed by atoms with Gasteiger partial charge in [-0.25, -0.2) is 4.79 Å². The minimum absolute atomic E-state index is 0.347. The van der Waals surface area contributed by atoms with Crippen molar-refractivity contribution in [2.24, 2.45) is 0 Å². The molecule has 0 unspecified atom stereocenters. The van der Waals surface area contributed by atoms with E-state index in [2.05, 4.69) is 41.8 Å². The van der Waals surface area contributed by atoms with Gasteiger partial charge in [-0.15, -0.1) is 0 Å². The molecule has 0 saturated heterocycles. The van der Waals surface area contributed by atoms with E-state index >= 15 is 0 Å². The Kier molecular flexibility index (Phi) is 5.46. The van der Waals surface area contributed by atoms with Crippen molar-refractivity contribution in [3.05, 3.63) is 35.4 Å². The molecule has 122 valence electrons. The van der Waals surface area contributed by atoms with E-state index in [9.17, 15) is 4.79 Å². The Morgan fingerprint density at radius 3 is 2.41 bits per heavy atom. The number of aryl methyl sites for hydroxylation is 1. The van der Waals surface area contributed by atoms with Crippen molar-refractivity contribution in [3.63, 3.8) is 0 Å². The standard InChI is InChI=1S/C18H28N2O2/c1-13-5-7-14(8-6-13)15-11-16(12-15)19-9-10-20-17(21)22-18(2,3)4/h5-8,15-16,19H,9-12H2,1-4H3,(H,20,21). The van der Waals surface area contributed by atoms with Crippen molar-refractivity contribution >= 4 is 6.09 Å². The van der Waals surface area contributed by atoms with Crippen molar-refractivity contribution in [3.8, 4) is 0 Å². The zero-order valence-electron chi connectivity index (χ0n) is 14.1. The summed E-state index contributed by atoms with van der Waals surface area (Å²) in [6, 6.07) is 9.40. The summed E-state index contributed by atoms with van der Waals surface area (Å²) in [6.45, 7) is 9.09. The van der Waals surface area contributed by atoms with Crippen LogP contribution in [-0.2, 0) is 4.74 Å². The van der Waals surface area contributed by atoms with E-state index in [4.69, 9.17) is 4.74 Å². The third-order valence-corrected chi connectivity index (χ3v) is 3.91. The second-order valence-electron chi connectivity index (χ2n) is 7.16. The van der Waals surface area contributed by atoms with Crippen LogP contribution in [0.5, 0.6) is 0 Å². The maximum atomic E-state index is 11.5. The average Bonchev–Trinajstić information content (AvgIpc) is 2.36. The molecule has 1 aromatic rings. The van der Waals surface area contributed by atoms with Gasteiger partial charge in [-0.05, 0) is 52.0 Å². The fourth-order valence-corrected chi connectivity index (χ4v) is 2.65. The molecule has 0 atom stereocenters. The molecule has 0 radical (unpaired) electrons. The molecule has 4 nitrogen and oxygen atoms in total. The Hall–Kier alpha value is -1.55. The van der Waals surface area contributed by atoms with Crippen LogP contribution in [0.25, 0.3) is 0 Å². The molecule has 1 aliphatic carbocycles.